The van der Waals surface area contributed by atoms with Gasteiger partial charge in [0, 0.05) is 24.7 Å². The van der Waals surface area contributed by atoms with Gasteiger partial charge in [0.1, 0.15) is 5.75 Å². The average Bonchev–Trinajstić information content (AvgIpc) is 2.48. The lowest BCUT2D eigenvalue weighted by atomic mass is 10.1. The minimum absolute atomic E-state index is 0.0326. The van der Waals surface area contributed by atoms with Crippen molar-refractivity contribution in [1.82, 2.24) is 5.32 Å². The topological polar surface area (TPSA) is 81.5 Å². The molecular weight excluding hydrogens is 387 g/mol. The summed E-state index contributed by atoms with van der Waals surface area (Å²) in [4.78, 5) is 22.2. The molecule has 2 aromatic rings. The smallest absolute Gasteiger partial charge is 0.311 e. The predicted molar refractivity (Wildman–Crippen MR) is 85.7 cm³/mol. The third-order valence-electron chi connectivity index (χ3n) is 2.70. The highest BCUT2D eigenvalue weighted by Crippen LogP contribution is 2.34. The zero-order valence-corrected chi connectivity index (χ0v) is 13.2. The van der Waals surface area contributed by atoms with Crippen LogP contribution >= 0.6 is 22.6 Å². The fraction of sp³-hybridized carbons (Fsp3) is 0.0714. The third-order valence-corrected chi connectivity index (χ3v) is 3.59. The SMILES string of the molecule is CNC(=O)c1ccc([N+](=O)[O-])c(Oc2ccccc2I)c1. The number of carbonyl (C=O) groups is 1. The van der Waals surface area contributed by atoms with Gasteiger partial charge in [-0.2, -0.15) is 0 Å². The lowest BCUT2D eigenvalue weighted by molar-refractivity contribution is -0.385. The molecule has 1 N–H and O–H groups in total. The molecule has 0 heterocycles. The first-order chi connectivity index (χ1) is 10.0. The standard InChI is InChI=1S/C14H11IN2O4/c1-16-14(18)9-6-7-11(17(19)20)13(8-9)21-12-5-3-2-4-10(12)15/h2-8H,1H3,(H,16,18). The number of para-hydroxylation sites is 1. The van der Waals surface area contributed by atoms with Crippen LogP contribution in [-0.2, 0) is 0 Å². The number of hydrogen-bond acceptors (Lipinski definition) is 4. The van der Waals surface area contributed by atoms with Gasteiger partial charge >= 0.3 is 5.69 Å². The van der Waals surface area contributed by atoms with Crippen molar-refractivity contribution in [1.29, 1.82) is 0 Å². The van der Waals surface area contributed by atoms with Crippen LogP contribution in [0.1, 0.15) is 10.4 Å². The molecule has 7 heteroatoms. The Morgan fingerprint density at radius 2 is 1.95 bits per heavy atom. The highest BCUT2D eigenvalue weighted by atomic mass is 127. The molecule has 1 amide bonds. The van der Waals surface area contributed by atoms with Crippen LogP contribution < -0.4 is 10.1 Å². The molecule has 6 nitrogen and oxygen atoms in total. The maximum absolute atomic E-state index is 11.6. The Kier molecular flexibility index (Phi) is 4.73. The van der Waals surface area contributed by atoms with Crippen LogP contribution in [0.4, 0.5) is 5.69 Å². The summed E-state index contributed by atoms with van der Waals surface area (Å²) in [6.07, 6.45) is 0. The second-order valence-electron chi connectivity index (χ2n) is 4.05. The van der Waals surface area contributed by atoms with Crippen molar-refractivity contribution in [2.45, 2.75) is 0 Å². The third kappa shape index (κ3) is 3.48. The first-order valence-corrected chi connectivity index (χ1v) is 7.03. The van der Waals surface area contributed by atoms with E-state index in [1.54, 1.807) is 12.1 Å². The molecule has 0 radical (unpaired) electrons. The zero-order valence-electron chi connectivity index (χ0n) is 11.0. The van der Waals surface area contributed by atoms with E-state index >= 15 is 0 Å². The largest absolute Gasteiger partial charge is 0.449 e. The fourth-order valence-corrected chi connectivity index (χ4v) is 2.18. The molecule has 0 unspecified atom stereocenters. The van der Waals surface area contributed by atoms with Crippen LogP contribution in [0.2, 0.25) is 0 Å². The number of benzene rings is 2. The summed E-state index contributed by atoms with van der Waals surface area (Å²) in [6, 6.07) is 11.1. The maximum Gasteiger partial charge on any atom is 0.311 e. The number of nitro groups is 1. The van der Waals surface area contributed by atoms with E-state index in [9.17, 15) is 14.9 Å². The Bertz CT molecular complexity index is 703. The van der Waals surface area contributed by atoms with Crippen LogP contribution in [-0.4, -0.2) is 17.9 Å². The normalized spacial score (nSPS) is 10.0. The molecule has 2 aromatic carbocycles. The van der Waals surface area contributed by atoms with Gasteiger partial charge in [0.15, 0.2) is 0 Å². The summed E-state index contributed by atoms with van der Waals surface area (Å²) in [6.45, 7) is 0. The van der Waals surface area contributed by atoms with Crippen LogP contribution in [0, 0.1) is 13.7 Å². The zero-order chi connectivity index (χ0) is 15.4. The number of carbonyl (C=O) groups excluding carboxylic acids is 1. The Morgan fingerprint density at radius 3 is 2.57 bits per heavy atom. The number of nitrogens with one attached hydrogen (secondary N) is 1. The number of nitrogens with zero attached hydrogens (tertiary/aromatic N) is 1. The number of hydrogen-bond donors (Lipinski definition) is 1. The monoisotopic (exact) mass is 398 g/mol. The molecule has 0 spiro atoms. The van der Waals surface area contributed by atoms with E-state index in [4.69, 9.17) is 4.74 Å². The van der Waals surface area contributed by atoms with Gasteiger partial charge in [0.2, 0.25) is 5.75 Å². The molecule has 0 saturated carbocycles. The summed E-state index contributed by atoms with van der Waals surface area (Å²) in [5.41, 5.74) is 0.103. The van der Waals surface area contributed by atoms with Gasteiger partial charge in [-0.05, 0) is 40.8 Å². The van der Waals surface area contributed by atoms with E-state index in [2.05, 4.69) is 27.9 Å². The number of ether oxygens (including phenoxy) is 1. The molecule has 2 rings (SSSR count). The predicted octanol–water partition coefficient (Wildman–Crippen LogP) is 3.35. The van der Waals surface area contributed by atoms with E-state index in [1.807, 2.05) is 12.1 Å². The number of halogens is 1. The van der Waals surface area contributed by atoms with E-state index in [1.165, 1.54) is 25.2 Å². The molecule has 0 bridgehead atoms. The quantitative estimate of drug-likeness (QED) is 0.487. The highest BCUT2D eigenvalue weighted by Gasteiger charge is 2.19. The van der Waals surface area contributed by atoms with Crippen molar-refractivity contribution in [3.8, 4) is 11.5 Å². The van der Waals surface area contributed by atoms with Gasteiger partial charge in [0.25, 0.3) is 5.91 Å². The van der Waals surface area contributed by atoms with Gasteiger partial charge in [-0.25, -0.2) is 0 Å². The Hall–Kier alpha value is -2.16. The van der Waals surface area contributed by atoms with Gasteiger partial charge in [-0.1, -0.05) is 12.1 Å². The van der Waals surface area contributed by atoms with Crippen molar-refractivity contribution >= 4 is 34.2 Å². The van der Waals surface area contributed by atoms with E-state index < -0.39 is 4.92 Å². The number of rotatable bonds is 4. The van der Waals surface area contributed by atoms with Crippen LogP contribution in [0.15, 0.2) is 42.5 Å². The number of nitro benzene ring substituents is 1. The summed E-state index contributed by atoms with van der Waals surface area (Å²) < 4.78 is 6.42. The lowest BCUT2D eigenvalue weighted by Gasteiger charge is -2.09. The summed E-state index contributed by atoms with van der Waals surface area (Å²) >= 11 is 2.07. The van der Waals surface area contributed by atoms with Crippen LogP contribution in [0.3, 0.4) is 0 Å². The molecular formula is C14H11IN2O4. The average molecular weight is 398 g/mol. The lowest BCUT2D eigenvalue weighted by Crippen LogP contribution is -2.17. The van der Waals surface area contributed by atoms with Gasteiger partial charge < -0.3 is 10.1 Å². The van der Waals surface area contributed by atoms with Crippen molar-refractivity contribution in [3.63, 3.8) is 0 Å². The second kappa shape index (κ2) is 6.53. The van der Waals surface area contributed by atoms with Crippen LogP contribution in [0.25, 0.3) is 0 Å². The second-order valence-corrected chi connectivity index (χ2v) is 5.21. The Morgan fingerprint density at radius 1 is 1.24 bits per heavy atom. The maximum atomic E-state index is 11.6. The highest BCUT2D eigenvalue weighted by molar-refractivity contribution is 14.1. The molecule has 0 aromatic heterocycles. The molecule has 0 aliphatic carbocycles. The molecule has 0 fully saturated rings. The molecule has 0 aliphatic heterocycles. The first kappa shape index (κ1) is 15.2. The van der Waals surface area contributed by atoms with Gasteiger partial charge in [0.05, 0.1) is 8.49 Å². The van der Waals surface area contributed by atoms with Gasteiger partial charge in [-0.15, -0.1) is 0 Å². The van der Waals surface area contributed by atoms with Crippen molar-refractivity contribution in [3.05, 3.63) is 61.7 Å². The molecule has 0 atom stereocenters. The van der Waals surface area contributed by atoms with E-state index in [-0.39, 0.29) is 17.3 Å². The fourth-order valence-electron chi connectivity index (χ4n) is 1.68. The van der Waals surface area contributed by atoms with Crippen molar-refractivity contribution in [2.75, 3.05) is 7.05 Å². The summed E-state index contributed by atoms with van der Waals surface area (Å²) in [7, 11) is 1.49. The molecule has 21 heavy (non-hydrogen) atoms. The molecule has 0 saturated heterocycles. The molecule has 108 valence electrons. The van der Waals surface area contributed by atoms with E-state index in [0.717, 1.165) is 3.57 Å². The summed E-state index contributed by atoms with van der Waals surface area (Å²) in [5, 5.41) is 13.5. The van der Waals surface area contributed by atoms with E-state index in [0.29, 0.717) is 11.3 Å². The molecule has 0 aliphatic rings. The first-order valence-electron chi connectivity index (χ1n) is 5.96. The van der Waals surface area contributed by atoms with Crippen LogP contribution in [0.5, 0.6) is 11.5 Å². The van der Waals surface area contributed by atoms with Crippen molar-refractivity contribution < 1.29 is 14.5 Å². The minimum atomic E-state index is -0.543. The summed E-state index contributed by atoms with van der Waals surface area (Å²) in [5.74, 6) is 0.193. The number of amides is 1. The minimum Gasteiger partial charge on any atom is -0.449 e. The Labute approximate surface area is 134 Å². The van der Waals surface area contributed by atoms with Crippen molar-refractivity contribution in [2.24, 2.45) is 0 Å². The van der Waals surface area contributed by atoms with Gasteiger partial charge in [-0.3, -0.25) is 14.9 Å². The Balaban J connectivity index is 2.46.